The molecule has 0 heterocycles. The largest absolute Gasteiger partial charge is 0.480 e. The quantitative estimate of drug-likeness (QED) is 0.792. The smallest absolute Gasteiger partial charge is 0.320 e. The fourth-order valence-electron chi connectivity index (χ4n) is 1.39. The van der Waals surface area contributed by atoms with Crippen LogP contribution in [0.2, 0.25) is 0 Å². The summed E-state index contributed by atoms with van der Waals surface area (Å²) in [6, 6.07) is 5.66. The normalized spacial score (nSPS) is 12.5. The van der Waals surface area contributed by atoms with Crippen molar-refractivity contribution >= 4 is 5.97 Å². The maximum atomic E-state index is 10.6. The van der Waals surface area contributed by atoms with Gasteiger partial charge in [-0.25, -0.2) is 0 Å². The summed E-state index contributed by atoms with van der Waals surface area (Å²) in [5.74, 6) is -0.820. The highest BCUT2D eigenvalue weighted by Crippen LogP contribution is 2.10. The van der Waals surface area contributed by atoms with Gasteiger partial charge in [0.05, 0.1) is 0 Å². The molecular formula is C12H17NO2. The van der Waals surface area contributed by atoms with Crippen LogP contribution in [0, 0.1) is 13.8 Å². The van der Waals surface area contributed by atoms with Crippen molar-refractivity contribution in [3.8, 4) is 0 Å². The Morgan fingerprint density at radius 1 is 1.47 bits per heavy atom. The molecule has 3 heteroatoms. The molecule has 0 radical (unpaired) electrons. The standard InChI is InChI=1S/C12H17NO2/c1-8-4-5-11(9(2)6-8)7-13-10(3)12(14)15/h4-6,10,13H,7H2,1-3H3,(H,14,15). The molecule has 0 bridgehead atoms. The molecule has 1 rings (SSSR count). The maximum Gasteiger partial charge on any atom is 0.320 e. The first-order valence-corrected chi connectivity index (χ1v) is 5.03. The van der Waals surface area contributed by atoms with Gasteiger partial charge in [0.25, 0.3) is 0 Å². The van der Waals surface area contributed by atoms with Gasteiger partial charge in [-0.05, 0) is 31.9 Å². The van der Waals surface area contributed by atoms with Crippen LogP contribution in [0.3, 0.4) is 0 Å². The molecule has 0 spiro atoms. The zero-order chi connectivity index (χ0) is 11.4. The third-order valence-electron chi connectivity index (χ3n) is 2.47. The number of rotatable bonds is 4. The molecule has 0 aliphatic carbocycles. The van der Waals surface area contributed by atoms with Gasteiger partial charge in [0.2, 0.25) is 0 Å². The zero-order valence-electron chi connectivity index (χ0n) is 9.37. The van der Waals surface area contributed by atoms with Crippen LogP contribution in [0.25, 0.3) is 0 Å². The highest BCUT2D eigenvalue weighted by molar-refractivity contribution is 5.72. The van der Waals surface area contributed by atoms with Gasteiger partial charge < -0.3 is 10.4 Å². The second-order valence-electron chi connectivity index (χ2n) is 3.87. The number of hydrogen-bond acceptors (Lipinski definition) is 2. The maximum absolute atomic E-state index is 10.6. The summed E-state index contributed by atoms with van der Waals surface area (Å²) in [5, 5.41) is 11.7. The number of benzene rings is 1. The summed E-state index contributed by atoms with van der Waals surface area (Å²) in [4.78, 5) is 10.6. The fourth-order valence-corrected chi connectivity index (χ4v) is 1.39. The molecule has 0 aliphatic heterocycles. The third-order valence-corrected chi connectivity index (χ3v) is 2.47. The summed E-state index contributed by atoms with van der Waals surface area (Å²) in [5.41, 5.74) is 3.57. The Bertz CT molecular complexity index is 361. The van der Waals surface area contributed by atoms with Crippen molar-refractivity contribution in [3.05, 3.63) is 34.9 Å². The molecule has 1 unspecified atom stereocenters. The minimum absolute atomic E-state index is 0.509. The lowest BCUT2D eigenvalue weighted by Crippen LogP contribution is -2.33. The van der Waals surface area contributed by atoms with Crippen LogP contribution in [0.15, 0.2) is 18.2 Å². The van der Waals surface area contributed by atoms with E-state index < -0.39 is 12.0 Å². The molecular weight excluding hydrogens is 190 g/mol. The molecule has 3 nitrogen and oxygen atoms in total. The Hall–Kier alpha value is -1.35. The lowest BCUT2D eigenvalue weighted by molar-refractivity contribution is -0.139. The first kappa shape index (κ1) is 11.7. The van der Waals surface area contributed by atoms with Crippen LogP contribution in [-0.2, 0) is 11.3 Å². The van der Waals surface area contributed by atoms with Gasteiger partial charge in [0, 0.05) is 6.54 Å². The summed E-state index contributed by atoms with van der Waals surface area (Å²) >= 11 is 0. The van der Waals surface area contributed by atoms with Crippen molar-refractivity contribution in [2.75, 3.05) is 0 Å². The van der Waals surface area contributed by atoms with Crippen LogP contribution in [0.5, 0.6) is 0 Å². The van der Waals surface area contributed by atoms with E-state index in [-0.39, 0.29) is 0 Å². The van der Waals surface area contributed by atoms with E-state index in [1.54, 1.807) is 6.92 Å². The molecule has 0 aliphatic rings. The van der Waals surface area contributed by atoms with E-state index in [0.717, 1.165) is 5.56 Å². The zero-order valence-corrected chi connectivity index (χ0v) is 9.37. The number of carbonyl (C=O) groups is 1. The van der Waals surface area contributed by atoms with Crippen LogP contribution in [0.4, 0.5) is 0 Å². The van der Waals surface area contributed by atoms with Crippen LogP contribution in [-0.4, -0.2) is 17.1 Å². The SMILES string of the molecule is Cc1ccc(CNC(C)C(=O)O)c(C)c1. The average molecular weight is 207 g/mol. The molecule has 0 saturated heterocycles. The van der Waals surface area contributed by atoms with E-state index >= 15 is 0 Å². The molecule has 2 N–H and O–H groups in total. The molecule has 1 aromatic rings. The number of carboxylic acids is 1. The van der Waals surface area contributed by atoms with E-state index in [0.29, 0.717) is 6.54 Å². The predicted octanol–water partition coefficient (Wildman–Crippen LogP) is 1.87. The fraction of sp³-hybridized carbons (Fsp3) is 0.417. The molecule has 82 valence electrons. The molecule has 0 amide bonds. The van der Waals surface area contributed by atoms with Gasteiger partial charge in [-0.3, -0.25) is 4.79 Å². The lowest BCUT2D eigenvalue weighted by Gasteiger charge is -2.11. The van der Waals surface area contributed by atoms with Crippen LogP contribution in [0.1, 0.15) is 23.6 Å². The van der Waals surface area contributed by atoms with Gasteiger partial charge in [-0.2, -0.15) is 0 Å². The van der Waals surface area contributed by atoms with Gasteiger partial charge in [0.15, 0.2) is 0 Å². The van der Waals surface area contributed by atoms with Gasteiger partial charge in [-0.15, -0.1) is 0 Å². The minimum Gasteiger partial charge on any atom is -0.480 e. The third kappa shape index (κ3) is 3.36. The van der Waals surface area contributed by atoms with Gasteiger partial charge in [-0.1, -0.05) is 23.8 Å². The predicted molar refractivity (Wildman–Crippen MR) is 59.9 cm³/mol. The summed E-state index contributed by atoms with van der Waals surface area (Å²) in [7, 11) is 0. The second kappa shape index (κ2) is 4.94. The number of aliphatic carboxylic acids is 1. The van der Waals surface area contributed by atoms with E-state index in [2.05, 4.69) is 11.4 Å². The number of hydrogen-bond donors (Lipinski definition) is 2. The second-order valence-corrected chi connectivity index (χ2v) is 3.87. The Morgan fingerprint density at radius 2 is 2.13 bits per heavy atom. The highest BCUT2D eigenvalue weighted by atomic mass is 16.4. The molecule has 0 fully saturated rings. The Kier molecular flexibility index (Phi) is 3.86. The van der Waals surface area contributed by atoms with Crippen molar-refractivity contribution in [1.82, 2.24) is 5.32 Å². The van der Waals surface area contributed by atoms with Crippen molar-refractivity contribution < 1.29 is 9.90 Å². The summed E-state index contributed by atoms with van der Waals surface area (Å²) in [6.07, 6.45) is 0. The number of nitrogens with one attached hydrogen (secondary N) is 1. The average Bonchev–Trinajstić information content (AvgIpc) is 2.15. The van der Waals surface area contributed by atoms with Gasteiger partial charge in [0.1, 0.15) is 6.04 Å². The molecule has 15 heavy (non-hydrogen) atoms. The summed E-state index contributed by atoms with van der Waals surface area (Å²) in [6.45, 7) is 6.32. The first-order valence-electron chi connectivity index (χ1n) is 5.03. The Balaban J connectivity index is 2.62. The number of carboxylic acid groups (broad SMARTS) is 1. The minimum atomic E-state index is -0.820. The van der Waals surface area contributed by atoms with Crippen molar-refractivity contribution in [1.29, 1.82) is 0 Å². The molecule has 1 atom stereocenters. The van der Waals surface area contributed by atoms with E-state index in [1.807, 2.05) is 26.0 Å². The summed E-state index contributed by atoms with van der Waals surface area (Å²) < 4.78 is 0. The number of aryl methyl sites for hydroxylation is 2. The van der Waals surface area contributed by atoms with Crippen LogP contribution >= 0.6 is 0 Å². The van der Waals surface area contributed by atoms with Gasteiger partial charge >= 0.3 is 5.97 Å². The van der Waals surface area contributed by atoms with Crippen molar-refractivity contribution in [3.63, 3.8) is 0 Å². The first-order chi connectivity index (χ1) is 7.00. The van der Waals surface area contributed by atoms with E-state index in [1.165, 1.54) is 11.1 Å². The highest BCUT2D eigenvalue weighted by Gasteiger charge is 2.09. The van der Waals surface area contributed by atoms with Crippen molar-refractivity contribution in [2.24, 2.45) is 0 Å². The van der Waals surface area contributed by atoms with Crippen LogP contribution < -0.4 is 5.32 Å². The van der Waals surface area contributed by atoms with E-state index in [4.69, 9.17) is 5.11 Å². The van der Waals surface area contributed by atoms with Crippen molar-refractivity contribution in [2.45, 2.75) is 33.4 Å². The monoisotopic (exact) mass is 207 g/mol. The molecule has 1 aromatic carbocycles. The molecule has 0 saturated carbocycles. The Morgan fingerprint density at radius 3 is 2.67 bits per heavy atom. The lowest BCUT2D eigenvalue weighted by atomic mass is 10.1. The Labute approximate surface area is 90.1 Å². The topological polar surface area (TPSA) is 49.3 Å². The molecule has 0 aromatic heterocycles. The van der Waals surface area contributed by atoms with E-state index in [9.17, 15) is 4.79 Å².